The first kappa shape index (κ1) is 20.3. The molecule has 0 spiro atoms. The maximum atomic E-state index is 12.0. The lowest BCUT2D eigenvalue weighted by molar-refractivity contribution is -0.384. The minimum absolute atomic E-state index is 0.0189. The van der Waals surface area contributed by atoms with Crippen molar-refractivity contribution in [1.29, 1.82) is 0 Å². The van der Waals surface area contributed by atoms with Gasteiger partial charge >= 0.3 is 15.6 Å². The molecule has 2 aromatic rings. The van der Waals surface area contributed by atoms with Gasteiger partial charge in [-0.05, 0) is 12.1 Å². The molecule has 0 amide bonds. The van der Waals surface area contributed by atoms with Gasteiger partial charge in [-0.1, -0.05) is 30.3 Å². The summed E-state index contributed by atoms with van der Waals surface area (Å²) in [6.45, 7) is 0. The Kier molecular flexibility index (Phi) is 6.36. The van der Waals surface area contributed by atoms with Crippen molar-refractivity contribution in [3.8, 4) is 0 Å². The maximum absolute atomic E-state index is 12.0. The third kappa shape index (κ3) is 5.97. The topological polar surface area (TPSA) is 115 Å². The van der Waals surface area contributed by atoms with Gasteiger partial charge in [-0.15, -0.1) is 0 Å². The zero-order valence-electron chi connectivity index (χ0n) is 12.2. The third-order valence-electron chi connectivity index (χ3n) is 2.67. The van der Waals surface area contributed by atoms with Crippen LogP contribution in [-0.4, -0.2) is 29.2 Å². The van der Waals surface area contributed by atoms with Crippen molar-refractivity contribution in [3.63, 3.8) is 0 Å². The molecule has 11 heteroatoms. The Hall–Kier alpha value is -2.79. The molecule has 0 fully saturated rings. The van der Waals surface area contributed by atoms with Crippen LogP contribution >= 0.6 is 0 Å². The number of nitrogens with zero attached hydrogens (tertiary/aromatic N) is 1. The normalized spacial score (nSPS) is 11.2. The van der Waals surface area contributed by atoms with Gasteiger partial charge < -0.3 is 0 Å². The monoisotopic (exact) mass is 377 g/mol. The van der Waals surface area contributed by atoms with E-state index < -0.39 is 20.5 Å². The van der Waals surface area contributed by atoms with Crippen molar-refractivity contribution >= 4 is 21.6 Å². The summed E-state index contributed by atoms with van der Waals surface area (Å²) in [5.74, 6) is -0.138. The molecule has 7 nitrogen and oxygen atoms in total. The number of carbonyl (C=O) groups excluding carboxylic acids is 1. The average Bonchev–Trinajstić information content (AvgIpc) is 2.54. The fourth-order valence-corrected chi connectivity index (χ4v) is 1.49. The molecule has 0 atom stereocenters. The molecule has 0 bridgehead atoms. The molecular formula is C14H10F3NO6S. The van der Waals surface area contributed by atoms with E-state index in [-0.39, 0.29) is 11.5 Å². The summed E-state index contributed by atoms with van der Waals surface area (Å²) in [7, 11) is -5.84. The predicted octanol–water partition coefficient (Wildman–Crippen LogP) is 3.22. The molecule has 0 saturated carbocycles. The highest BCUT2D eigenvalue weighted by Gasteiger charge is 2.44. The van der Waals surface area contributed by atoms with Crippen molar-refractivity contribution in [3.05, 3.63) is 75.8 Å². The highest BCUT2D eigenvalue weighted by atomic mass is 32.2. The zero-order chi connectivity index (χ0) is 19.3. The van der Waals surface area contributed by atoms with E-state index in [1.54, 1.807) is 24.3 Å². The molecule has 0 aliphatic rings. The Balaban J connectivity index is 0.000000333. The number of carbonyl (C=O) groups is 1. The van der Waals surface area contributed by atoms with E-state index in [1.165, 1.54) is 24.3 Å². The molecule has 0 saturated heterocycles. The first-order valence-corrected chi connectivity index (χ1v) is 7.75. The quantitative estimate of drug-likeness (QED) is 0.289. The number of nitro benzene ring substituents is 1. The molecule has 25 heavy (non-hydrogen) atoms. The van der Waals surface area contributed by atoms with Gasteiger partial charge in [0, 0.05) is 23.3 Å². The van der Waals surface area contributed by atoms with E-state index in [0.29, 0.717) is 11.1 Å². The molecule has 0 aromatic heterocycles. The summed E-state index contributed by atoms with van der Waals surface area (Å²) in [5, 5.41) is 10.5. The van der Waals surface area contributed by atoms with E-state index >= 15 is 0 Å². The number of hydrogen-bond donors (Lipinski definition) is 1. The SMILES string of the molecule is O=C(c1ccccc1)c1ccc([N+](=O)[O-])cc1.O=S(=O)(O)C(F)(F)F. The van der Waals surface area contributed by atoms with Crippen LogP contribution in [0, 0.1) is 10.1 Å². The van der Waals surface area contributed by atoms with Gasteiger partial charge in [-0.3, -0.25) is 19.5 Å². The summed E-state index contributed by atoms with van der Waals surface area (Å²) in [6, 6.07) is 14.4. The summed E-state index contributed by atoms with van der Waals surface area (Å²) < 4.78 is 57.5. The van der Waals surface area contributed by atoms with Gasteiger partial charge in [-0.2, -0.15) is 21.6 Å². The van der Waals surface area contributed by atoms with Gasteiger partial charge in [0.2, 0.25) is 0 Å². The van der Waals surface area contributed by atoms with Crippen LogP contribution in [0.4, 0.5) is 18.9 Å². The minimum atomic E-state index is -5.84. The molecule has 0 aliphatic heterocycles. The largest absolute Gasteiger partial charge is 0.522 e. The number of alkyl halides is 3. The van der Waals surface area contributed by atoms with Crippen molar-refractivity contribution in [2.24, 2.45) is 0 Å². The maximum Gasteiger partial charge on any atom is 0.522 e. The molecule has 0 unspecified atom stereocenters. The van der Waals surface area contributed by atoms with Gasteiger partial charge in [-0.25, -0.2) is 0 Å². The number of halogens is 3. The van der Waals surface area contributed by atoms with Gasteiger partial charge in [0.25, 0.3) is 5.69 Å². The Morgan fingerprint density at radius 1 is 0.960 bits per heavy atom. The van der Waals surface area contributed by atoms with Gasteiger partial charge in [0.1, 0.15) is 0 Å². The Labute approximate surface area is 139 Å². The Bertz CT molecular complexity index is 848. The van der Waals surface area contributed by atoms with E-state index in [1.807, 2.05) is 6.07 Å². The van der Waals surface area contributed by atoms with Crippen molar-refractivity contribution < 1.29 is 35.9 Å². The summed E-state index contributed by atoms with van der Waals surface area (Å²) in [5.41, 5.74) is -4.54. The molecule has 2 rings (SSSR count). The Morgan fingerprint density at radius 3 is 1.72 bits per heavy atom. The van der Waals surface area contributed by atoms with Crippen molar-refractivity contribution in [2.75, 3.05) is 0 Å². The first-order valence-electron chi connectivity index (χ1n) is 6.31. The van der Waals surface area contributed by atoms with E-state index in [0.717, 1.165) is 0 Å². The van der Waals surface area contributed by atoms with E-state index in [2.05, 4.69) is 0 Å². The van der Waals surface area contributed by atoms with Crippen LogP contribution in [0.5, 0.6) is 0 Å². The second-order valence-electron chi connectivity index (χ2n) is 4.42. The molecule has 0 radical (unpaired) electrons. The van der Waals surface area contributed by atoms with Crippen LogP contribution in [0.3, 0.4) is 0 Å². The second kappa shape index (κ2) is 7.85. The highest BCUT2D eigenvalue weighted by Crippen LogP contribution is 2.20. The summed E-state index contributed by atoms with van der Waals surface area (Å²) >= 11 is 0. The Morgan fingerprint density at radius 2 is 1.36 bits per heavy atom. The lowest BCUT2D eigenvalue weighted by Crippen LogP contribution is -2.21. The number of rotatable bonds is 3. The average molecular weight is 377 g/mol. The molecule has 0 heterocycles. The van der Waals surface area contributed by atoms with E-state index in [9.17, 15) is 28.1 Å². The van der Waals surface area contributed by atoms with Crippen LogP contribution in [0.2, 0.25) is 0 Å². The first-order chi connectivity index (χ1) is 11.4. The lowest BCUT2D eigenvalue weighted by Gasteiger charge is -2.00. The van der Waals surface area contributed by atoms with Crippen LogP contribution in [0.15, 0.2) is 54.6 Å². The second-order valence-corrected chi connectivity index (χ2v) is 5.83. The minimum Gasteiger partial charge on any atom is -0.289 e. The molecule has 2 aromatic carbocycles. The fourth-order valence-electron chi connectivity index (χ4n) is 1.49. The van der Waals surface area contributed by atoms with Crippen LogP contribution < -0.4 is 0 Å². The summed E-state index contributed by atoms with van der Waals surface area (Å²) in [4.78, 5) is 21.9. The number of hydrogen-bond acceptors (Lipinski definition) is 5. The van der Waals surface area contributed by atoms with Crippen molar-refractivity contribution in [2.45, 2.75) is 5.51 Å². The number of non-ortho nitro benzene ring substituents is 1. The smallest absolute Gasteiger partial charge is 0.289 e. The fraction of sp³-hybridized carbons (Fsp3) is 0.0714. The number of benzene rings is 2. The highest BCUT2D eigenvalue weighted by molar-refractivity contribution is 7.86. The predicted molar refractivity (Wildman–Crippen MR) is 80.6 cm³/mol. The number of ketones is 1. The molecule has 134 valence electrons. The molecule has 1 N–H and O–H groups in total. The standard InChI is InChI=1S/C13H9NO3.CHF3O3S/c15-13(10-4-2-1-3-5-10)11-6-8-12(9-7-11)14(16)17;2-1(3,4)8(5,6)7/h1-9H;(H,5,6,7). The zero-order valence-corrected chi connectivity index (χ0v) is 13.0. The van der Waals surface area contributed by atoms with Gasteiger partial charge in [0.15, 0.2) is 5.78 Å². The van der Waals surface area contributed by atoms with Gasteiger partial charge in [0.05, 0.1) is 4.92 Å². The van der Waals surface area contributed by atoms with Crippen LogP contribution in [0.1, 0.15) is 15.9 Å². The third-order valence-corrected chi connectivity index (χ3v) is 3.25. The van der Waals surface area contributed by atoms with Crippen LogP contribution in [0.25, 0.3) is 0 Å². The molecular weight excluding hydrogens is 367 g/mol. The van der Waals surface area contributed by atoms with Crippen LogP contribution in [-0.2, 0) is 10.1 Å². The lowest BCUT2D eigenvalue weighted by atomic mass is 10.0. The van der Waals surface area contributed by atoms with E-state index in [4.69, 9.17) is 13.0 Å². The summed E-state index contributed by atoms with van der Waals surface area (Å²) in [6.07, 6.45) is 0. The number of nitro groups is 1. The molecule has 0 aliphatic carbocycles. The van der Waals surface area contributed by atoms with Crippen molar-refractivity contribution in [1.82, 2.24) is 0 Å².